The number of allylic oxidation sites excluding steroid dienone is 1. The predicted molar refractivity (Wildman–Crippen MR) is 112 cm³/mol. The van der Waals surface area contributed by atoms with Crippen molar-refractivity contribution in [2.24, 2.45) is 0 Å². The number of aromatic nitrogens is 2. The summed E-state index contributed by atoms with van der Waals surface area (Å²) >= 11 is 5.97. The maximum Gasteiger partial charge on any atom is 0.352 e. The number of carboxylic acid groups (broad SMARTS) is 1. The molecule has 1 aromatic heterocycles. The monoisotopic (exact) mass is 424 g/mol. The molecule has 0 bridgehead atoms. The van der Waals surface area contributed by atoms with Gasteiger partial charge in [-0.3, -0.25) is 4.79 Å². The second-order valence-corrected chi connectivity index (χ2v) is 6.98. The third-order valence-electron chi connectivity index (χ3n) is 4.67. The number of ether oxygens (including phenoxy) is 1. The van der Waals surface area contributed by atoms with E-state index in [1.807, 2.05) is 0 Å². The number of halogens is 1. The molecule has 1 atom stereocenters. The zero-order chi connectivity index (χ0) is 21.3. The summed E-state index contributed by atoms with van der Waals surface area (Å²) in [5, 5.41) is 20.0. The third kappa shape index (κ3) is 3.72. The first-order valence-corrected chi connectivity index (χ1v) is 9.34. The number of rotatable bonds is 5. The molecule has 2 heterocycles. The second kappa shape index (κ2) is 7.92. The second-order valence-electron chi connectivity index (χ2n) is 6.54. The van der Waals surface area contributed by atoms with E-state index in [1.165, 1.54) is 12.3 Å². The van der Waals surface area contributed by atoms with Crippen molar-refractivity contribution in [3.8, 4) is 5.75 Å². The summed E-state index contributed by atoms with van der Waals surface area (Å²) in [6, 6.07) is 13.4. The number of benzene rings is 2. The molecule has 0 spiro atoms. The Labute approximate surface area is 176 Å². The molecular formula is C21H17ClN4O4. The van der Waals surface area contributed by atoms with Crippen LogP contribution in [0.4, 0.5) is 11.5 Å². The van der Waals surface area contributed by atoms with E-state index in [-0.39, 0.29) is 11.3 Å². The fraction of sp³-hybridized carbons (Fsp3) is 0.0952. The molecule has 0 radical (unpaired) electrons. The van der Waals surface area contributed by atoms with E-state index in [1.54, 1.807) is 60.3 Å². The van der Waals surface area contributed by atoms with E-state index < -0.39 is 17.9 Å². The Balaban J connectivity index is 1.68. The standard InChI is InChI=1S/C21H17ClN4O4/c1-30-15-8-6-14(7-9-15)24-20(27)16-11-23-26-18(12-2-4-13(22)5-3-12)10-17(21(28)29)25-19(16)26/h2-11,18,25H,1H3,(H,24,27)(H,28,29). The summed E-state index contributed by atoms with van der Waals surface area (Å²) in [6.45, 7) is 0. The SMILES string of the molecule is COc1ccc(NC(=O)c2cnn3c2NC(C(=O)O)=CC3c2ccc(Cl)cc2)cc1. The minimum Gasteiger partial charge on any atom is -0.497 e. The summed E-state index contributed by atoms with van der Waals surface area (Å²) in [5.41, 5.74) is 1.53. The van der Waals surface area contributed by atoms with Gasteiger partial charge in [-0.25, -0.2) is 9.48 Å². The van der Waals surface area contributed by atoms with Crippen molar-refractivity contribution in [1.29, 1.82) is 0 Å². The topological polar surface area (TPSA) is 105 Å². The van der Waals surface area contributed by atoms with Crippen molar-refractivity contribution >= 4 is 35.0 Å². The summed E-state index contributed by atoms with van der Waals surface area (Å²) in [7, 11) is 1.56. The Hall–Kier alpha value is -3.78. The molecule has 30 heavy (non-hydrogen) atoms. The molecule has 4 rings (SSSR count). The minimum absolute atomic E-state index is 0.0403. The van der Waals surface area contributed by atoms with Crippen molar-refractivity contribution in [1.82, 2.24) is 9.78 Å². The molecule has 1 aliphatic rings. The summed E-state index contributed by atoms with van der Waals surface area (Å²) in [4.78, 5) is 24.5. The van der Waals surface area contributed by atoms with Gasteiger partial charge in [-0.15, -0.1) is 0 Å². The van der Waals surface area contributed by atoms with E-state index in [4.69, 9.17) is 16.3 Å². The van der Waals surface area contributed by atoms with Gasteiger partial charge in [0.2, 0.25) is 0 Å². The van der Waals surface area contributed by atoms with Gasteiger partial charge in [-0.1, -0.05) is 23.7 Å². The smallest absolute Gasteiger partial charge is 0.352 e. The number of carbonyl (C=O) groups is 2. The zero-order valence-corrected chi connectivity index (χ0v) is 16.6. The van der Waals surface area contributed by atoms with Crippen LogP contribution in [-0.4, -0.2) is 33.9 Å². The third-order valence-corrected chi connectivity index (χ3v) is 4.92. The van der Waals surface area contributed by atoms with Crippen LogP contribution in [0.1, 0.15) is 22.0 Å². The van der Waals surface area contributed by atoms with Crippen molar-refractivity contribution in [2.45, 2.75) is 6.04 Å². The van der Waals surface area contributed by atoms with E-state index in [9.17, 15) is 14.7 Å². The van der Waals surface area contributed by atoms with Crippen molar-refractivity contribution in [2.75, 3.05) is 17.7 Å². The van der Waals surface area contributed by atoms with Gasteiger partial charge in [0.05, 0.1) is 19.3 Å². The highest BCUT2D eigenvalue weighted by Gasteiger charge is 2.29. The first-order valence-electron chi connectivity index (χ1n) is 8.97. The highest BCUT2D eigenvalue weighted by molar-refractivity contribution is 6.30. The molecule has 1 amide bonds. The van der Waals surface area contributed by atoms with Crippen molar-refractivity contribution in [3.05, 3.63) is 82.7 Å². The molecule has 2 aromatic carbocycles. The van der Waals surface area contributed by atoms with Gasteiger partial charge in [0.25, 0.3) is 5.91 Å². The highest BCUT2D eigenvalue weighted by Crippen LogP contribution is 2.33. The normalized spacial score (nSPS) is 14.9. The molecule has 1 aliphatic heterocycles. The maximum atomic E-state index is 12.8. The van der Waals surface area contributed by atoms with Crippen LogP contribution in [0, 0.1) is 0 Å². The Morgan fingerprint density at radius 1 is 1.17 bits per heavy atom. The largest absolute Gasteiger partial charge is 0.497 e. The van der Waals surface area contributed by atoms with Crippen LogP contribution >= 0.6 is 11.6 Å². The number of nitrogens with zero attached hydrogens (tertiary/aromatic N) is 2. The van der Waals surface area contributed by atoms with Gasteiger partial charge in [0.15, 0.2) is 0 Å². The van der Waals surface area contributed by atoms with Gasteiger partial charge in [0, 0.05) is 10.7 Å². The zero-order valence-electron chi connectivity index (χ0n) is 15.8. The van der Waals surface area contributed by atoms with Gasteiger partial charge in [-0.05, 0) is 48.0 Å². The van der Waals surface area contributed by atoms with Crippen LogP contribution in [0.15, 0.2) is 66.5 Å². The van der Waals surface area contributed by atoms with Crippen LogP contribution in [0.5, 0.6) is 5.75 Å². The fourth-order valence-electron chi connectivity index (χ4n) is 3.16. The van der Waals surface area contributed by atoms with Crippen LogP contribution in [0.25, 0.3) is 0 Å². The van der Waals surface area contributed by atoms with E-state index in [0.717, 1.165) is 5.56 Å². The molecule has 0 saturated carbocycles. The lowest BCUT2D eigenvalue weighted by Crippen LogP contribution is -2.25. The van der Waals surface area contributed by atoms with Gasteiger partial charge < -0.3 is 20.5 Å². The quantitative estimate of drug-likeness (QED) is 0.575. The lowest BCUT2D eigenvalue weighted by molar-refractivity contribution is -0.132. The molecule has 3 N–H and O–H groups in total. The molecule has 152 valence electrons. The first-order chi connectivity index (χ1) is 14.5. The first kappa shape index (κ1) is 19.5. The molecule has 3 aromatic rings. The lowest BCUT2D eigenvalue weighted by atomic mass is 10.0. The number of methoxy groups -OCH3 is 1. The van der Waals surface area contributed by atoms with Crippen molar-refractivity contribution < 1.29 is 19.4 Å². The number of anilines is 2. The number of fused-ring (bicyclic) bond motifs is 1. The Morgan fingerprint density at radius 3 is 2.50 bits per heavy atom. The molecule has 8 nitrogen and oxygen atoms in total. The molecule has 0 saturated heterocycles. The summed E-state index contributed by atoms with van der Waals surface area (Å²) in [5.74, 6) is -0.598. The Bertz CT molecular complexity index is 1140. The van der Waals surface area contributed by atoms with E-state index >= 15 is 0 Å². The summed E-state index contributed by atoms with van der Waals surface area (Å²) in [6.07, 6.45) is 2.94. The predicted octanol–water partition coefficient (Wildman–Crippen LogP) is 3.78. The highest BCUT2D eigenvalue weighted by atomic mass is 35.5. The Morgan fingerprint density at radius 2 is 1.87 bits per heavy atom. The minimum atomic E-state index is -1.14. The number of aliphatic carboxylic acids is 1. The van der Waals surface area contributed by atoms with Crippen LogP contribution < -0.4 is 15.4 Å². The van der Waals surface area contributed by atoms with Crippen LogP contribution in [0.2, 0.25) is 5.02 Å². The maximum absolute atomic E-state index is 12.8. The number of hydrogen-bond donors (Lipinski definition) is 3. The average Bonchev–Trinajstić information content (AvgIpc) is 3.18. The van der Waals surface area contributed by atoms with Crippen molar-refractivity contribution in [3.63, 3.8) is 0 Å². The number of carbonyl (C=O) groups excluding carboxylic acids is 1. The number of hydrogen-bond acceptors (Lipinski definition) is 5. The van der Waals surface area contributed by atoms with Gasteiger partial charge in [0.1, 0.15) is 22.8 Å². The molecule has 0 aliphatic carbocycles. The lowest BCUT2D eigenvalue weighted by Gasteiger charge is -2.24. The Kier molecular flexibility index (Phi) is 5.16. The average molecular weight is 425 g/mol. The van der Waals surface area contributed by atoms with E-state index in [0.29, 0.717) is 22.3 Å². The molecule has 0 fully saturated rings. The number of carboxylic acids is 1. The van der Waals surface area contributed by atoms with Crippen LogP contribution in [0.3, 0.4) is 0 Å². The fourth-order valence-corrected chi connectivity index (χ4v) is 3.28. The van der Waals surface area contributed by atoms with Gasteiger partial charge in [-0.2, -0.15) is 5.10 Å². The van der Waals surface area contributed by atoms with Crippen LogP contribution in [-0.2, 0) is 4.79 Å². The van der Waals surface area contributed by atoms with E-state index in [2.05, 4.69) is 15.7 Å². The van der Waals surface area contributed by atoms with Gasteiger partial charge >= 0.3 is 5.97 Å². The number of nitrogens with one attached hydrogen (secondary N) is 2. The number of amides is 1. The molecule has 9 heteroatoms. The molecule has 1 unspecified atom stereocenters. The summed E-state index contributed by atoms with van der Waals surface area (Å²) < 4.78 is 6.68. The molecular weight excluding hydrogens is 408 g/mol.